The molecule has 1 unspecified atom stereocenters. The zero-order chi connectivity index (χ0) is 21.7. The van der Waals surface area contributed by atoms with Crippen LogP contribution in [-0.4, -0.2) is 65.9 Å². The lowest BCUT2D eigenvalue weighted by molar-refractivity contribution is -0.134. The van der Waals surface area contributed by atoms with Gasteiger partial charge in [0.2, 0.25) is 5.91 Å². The maximum absolute atomic E-state index is 13.2. The van der Waals surface area contributed by atoms with Crippen molar-refractivity contribution in [3.05, 3.63) is 35.4 Å². The smallest absolute Gasteiger partial charge is 0.317 e. The van der Waals surface area contributed by atoms with Crippen molar-refractivity contribution in [3.8, 4) is 0 Å². The Morgan fingerprint density at radius 1 is 0.900 bits per heavy atom. The van der Waals surface area contributed by atoms with Gasteiger partial charge in [-0.1, -0.05) is 17.7 Å². The topological polar surface area (TPSA) is 81.8 Å². The van der Waals surface area contributed by atoms with Crippen LogP contribution in [0.25, 0.3) is 0 Å². The predicted octanol–water partition coefficient (Wildman–Crippen LogP) is 2.55. The first-order valence-electron chi connectivity index (χ1n) is 11.1. The third kappa shape index (κ3) is 5.52. The average molecular weight is 415 g/mol. The van der Waals surface area contributed by atoms with Gasteiger partial charge in [-0.05, 0) is 64.5 Å². The molecule has 0 saturated carbocycles. The number of piperidine rings is 1. The number of likely N-dealkylation sites (tertiary alicyclic amines) is 2. The number of aryl methyl sites for hydroxylation is 1. The second-order valence-corrected chi connectivity index (χ2v) is 8.78. The number of carbonyl (C=O) groups excluding carboxylic acids is 3. The van der Waals surface area contributed by atoms with Crippen LogP contribution in [0.2, 0.25) is 0 Å². The molecule has 0 radical (unpaired) electrons. The summed E-state index contributed by atoms with van der Waals surface area (Å²) < 4.78 is 0. The largest absolute Gasteiger partial charge is 0.341 e. The minimum Gasteiger partial charge on any atom is -0.341 e. The fourth-order valence-corrected chi connectivity index (χ4v) is 4.22. The molecule has 30 heavy (non-hydrogen) atoms. The molecule has 0 spiro atoms. The summed E-state index contributed by atoms with van der Waals surface area (Å²) in [6, 6.07) is 6.87. The van der Waals surface area contributed by atoms with Crippen LogP contribution in [0.15, 0.2) is 24.3 Å². The van der Waals surface area contributed by atoms with E-state index in [1.807, 2.05) is 37.8 Å². The Morgan fingerprint density at radius 2 is 1.50 bits per heavy atom. The van der Waals surface area contributed by atoms with Crippen LogP contribution in [0.1, 0.15) is 55.5 Å². The highest BCUT2D eigenvalue weighted by molar-refractivity contribution is 5.97. The van der Waals surface area contributed by atoms with Crippen molar-refractivity contribution in [1.82, 2.24) is 20.4 Å². The summed E-state index contributed by atoms with van der Waals surface area (Å²) in [6.07, 6.45) is 3.42. The Bertz CT molecular complexity index is 748. The minimum atomic E-state index is -0.549. The number of nitrogens with zero attached hydrogens (tertiary/aromatic N) is 2. The zero-order valence-corrected chi connectivity index (χ0v) is 18.3. The lowest BCUT2D eigenvalue weighted by Crippen LogP contribution is -2.55. The first-order chi connectivity index (χ1) is 14.3. The molecule has 1 aromatic rings. The van der Waals surface area contributed by atoms with E-state index in [2.05, 4.69) is 10.6 Å². The summed E-state index contributed by atoms with van der Waals surface area (Å²) in [5, 5.41) is 5.95. The van der Waals surface area contributed by atoms with Crippen LogP contribution in [0.3, 0.4) is 0 Å². The molecule has 0 bridgehead atoms. The highest BCUT2D eigenvalue weighted by Crippen LogP contribution is 2.24. The van der Waals surface area contributed by atoms with E-state index in [0.29, 0.717) is 31.5 Å². The van der Waals surface area contributed by atoms with Gasteiger partial charge in [0.15, 0.2) is 0 Å². The summed E-state index contributed by atoms with van der Waals surface area (Å²) >= 11 is 0. The Balaban J connectivity index is 1.68. The van der Waals surface area contributed by atoms with E-state index in [1.54, 1.807) is 17.0 Å². The van der Waals surface area contributed by atoms with Crippen molar-refractivity contribution >= 4 is 17.8 Å². The zero-order valence-electron chi connectivity index (χ0n) is 18.3. The van der Waals surface area contributed by atoms with Gasteiger partial charge in [-0.15, -0.1) is 0 Å². The molecule has 164 valence electrons. The maximum atomic E-state index is 13.2. The molecule has 4 amide bonds. The van der Waals surface area contributed by atoms with E-state index in [1.165, 1.54) is 0 Å². The average Bonchev–Trinajstić information content (AvgIpc) is 3.26. The van der Waals surface area contributed by atoms with Crippen molar-refractivity contribution in [2.45, 2.75) is 58.5 Å². The Morgan fingerprint density at radius 3 is 2.07 bits per heavy atom. The van der Waals surface area contributed by atoms with Crippen molar-refractivity contribution in [1.29, 1.82) is 0 Å². The molecule has 2 heterocycles. The highest BCUT2D eigenvalue weighted by atomic mass is 16.2. The van der Waals surface area contributed by atoms with Crippen molar-refractivity contribution in [3.63, 3.8) is 0 Å². The van der Waals surface area contributed by atoms with E-state index in [4.69, 9.17) is 0 Å². The van der Waals surface area contributed by atoms with Crippen LogP contribution in [-0.2, 0) is 4.79 Å². The number of hydrogen-bond acceptors (Lipinski definition) is 3. The standard InChI is InChI=1S/C23H34N4O3/c1-16(2)24-23(30)27-14-10-18(11-15-27)20(22(29)26-12-4-5-13-26)25-21(28)19-8-6-17(3)7-9-19/h6-9,16,18,20H,4-5,10-15H2,1-3H3,(H,24,30)(H,25,28). The Kier molecular flexibility index (Phi) is 7.34. The summed E-state index contributed by atoms with van der Waals surface area (Å²) in [4.78, 5) is 42.1. The fourth-order valence-electron chi connectivity index (χ4n) is 4.22. The van der Waals surface area contributed by atoms with Gasteiger partial charge in [-0.3, -0.25) is 9.59 Å². The van der Waals surface area contributed by atoms with Crippen LogP contribution in [0.4, 0.5) is 4.79 Å². The molecule has 0 aliphatic carbocycles. The summed E-state index contributed by atoms with van der Waals surface area (Å²) in [5.74, 6) is -0.179. The molecule has 2 aliphatic rings. The first kappa shape index (κ1) is 22.1. The summed E-state index contributed by atoms with van der Waals surface area (Å²) in [7, 11) is 0. The van der Waals surface area contributed by atoms with Crippen LogP contribution in [0, 0.1) is 12.8 Å². The van der Waals surface area contributed by atoms with E-state index in [0.717, 1.165) is 31.5 Å². The van der Waals surface area contributed by atoms with Gasteiger partial charge in [0.25, 0.3) is 5.91 Å². The monoisotopic (exact) mass is 414 g/mol. The highest BCUT2D eigenvalue weighted by Gasteiger charge is 2.36. The predicted molar refractivity (Wildman–Crippen MR) is 116 cm³/mol. The molecule has 7 nitrogen and oxygen atoms in total. The first-order valence-corrected chi connectivity index (χ1v) is 11.1. The normalized spacial score (nSPS) is 18.4. The van der Waals surface area contributed by atoms with Gasteiger partial charge in [0, 0.05) is 37.8 Å². The lowest BCUT2D eigenvalue weighted by atomic mass is 9.88. The van der Waals surface area contributed by atoms with Gasteiger partial charge < -0.3 is 20.4 Å². The SMILES string of the molecule is Cc1ccc(C(=O)NC(C(=O)N2CCCC2)C2CCN(C(=O)NC(C)C)CC2)cc1. The molecule has 3 rings (SSSR count). The summed E-state index contributed by atoms with van der Waals surface area (Å²) in [6.45, 7) is 8.55. The van der Waals surface area contributed by atoms with Crippen molar-refractivity contribution < 1.29 is 14.4 Å². The minimum absolute atomic E-state index is 0.0121. The van der Waals surface area contributed by atoms with Crippen LogP contribution < -0.4 is 10.6 Å². The number of carbonyl (C=O) groups is 3. The van der Waals surface area contributed by atoms with E-state index in [-0.39, 0.29) is 29.8 Å². The van der Waals surface area contributed by atoms with Gasteiger partial charge in [-0.2, -0.15) is 0 Å². The third-order valence-electron chi connectivity index (χ3n) is 5.99. The Labute approximate surface area is 179 Å². The molecule has 2 saturated heterocycles. The fraction of sp³-hybridized carbons (Fsp3) is 0.609. The molecule has 7 heteroatoms. The van der Waals surface area contributed by atoms with Gasteiger partial charge in [0.1, 0.15) is 6.04 Å². The van der Waals surface area contributed by atoms with E-state index >= 15 is 0 Å². The van der Waals surface area contributed by atoms with Crippen molar-refractivity contribution in [2.24, 2.45) is 5.92 Å². The van der Waals surface area contributed by atoms with Gasteiger partial charge in [0.05, 0.1) is 0 Å². The molecule has 2 fully saturated rings. The molecule has 2 N–H and O–H groups in total. The van der Waals surface area contributed by atoms with E-state index < -0.39 is 6.04 Å². The lowest BCUT2D eigenvalue weighted by Gasteiger charge is -2.37. The molecule has 1 aromatic carbocycles. The molecule has 0 aromatic heterocycles. The maximum Gasteiger partial charge on any atom is 0.317 e. The number of hydrogen-bond donors (Lipinski definition) is 2. The quantitative estimate of drug-likeness (QED) is 0.777. The van der Waals surface area contributed by atoms with Crippen molar-refractivity contribution in [2.75, 3.05) is 26.2 Å². The third-order valence-corrected chi connectivity index (χ3v) is 5.99. The molecule has 1 atom stereocenters. The molecular weight excluding hydrogens is 380 g/mol. The molecule has 2 aliphatic heterocycles. The number of amides is 4. The number of rotatable bonds is 5. The second-order valence-electron chi connectivity index (χ2n) is 8.78. The molecular formula is C23H34N4O3. The van der Waals surface area contributed by atoms with Gasteiger partial charge in [-0.25, -0.2) is 4.79 Å². The van der Waals surface area contributed by atoms with Crippen LogP contribution in [0.5, 0.6) is 0 Å². The second kappa shape index (κ2) is 9.96. The van der Waals surface area contributed by atoms with Crippen LogP contribution >= 0.6 is 0 Å². The number of nitrogens with one attached hydrogen (secondary N) is 2. The van der Waals surface area contributed by atoms with E-state index in [9.17, 15) is 14.4 Å². The number of urea groups is 1. The number of benzene rings is 1. The summed E-state index contributed by atoms with van der Waals surface area (Å²) in [5.41, 5.74) is 1.65. The van der Waals surface area contributed by atoms with Gasteiger partial charge >= 0.3 is 6.03 Å². The Hall–Kier alpha value is -2.57.